The van der Waals surface area contributed by atoms with Crippen LogP contribution in [0.2, 0.25) is 0 Å². The van der Waals surface area contributed by atoms with Crippen LogP contribution in [0, 0.1) is 0 Å². The number of unbranched alkanes of at least 4 members (excludes halogenated alkanes) is 1. The van der Waals surface area contributed by atoms with Crippen molar-refractivity contribution >= 4 is 5.91 Å². The van der Waals surface area contributed by atoms with Gasteiger partial charge in [-0.25, -0.2) is 4.98 Å². The maximum Gasteiger partial charge on any atom is 0.276 e. The second kappa shape index (κ2) is 7.64. The van der Waals surface area contributed by atoms with Crippen molar-refractivity contribution in [1.82, 2.24) is 9.88 Å². The van der Waals surface area contributed by atoms with Crippen LogP contribution in [0.3, 0.4) is 0 Å². The Morgan fingerprint density at radius 2 is 1.92 bits per heavy atom. The van der Waals surface area contributed by atoms with Crippen LogP contribution >= 0.6 is 0 Å². The second-order valence-corrected chi connectivity index (χ2v) is 5.68. The van der Waals surface area contributed by atoms with Crippen molar-refractivity contribution in [3.8, 4) is 11.5 Å². The van der Waals surface area contributed by atoms with Crippen molar-refractivity contribution in [1.29, 1.82) is 0 Å². The molecular weight excluding hydrogens is 304 g/mol. The van der Waals surface area contributed by atoms with E-state index in [-0.39, 0.29) is 11.6 Å². The van der Waals surface area contributed by atoms with E-state index in [0.29, 0.717) is 18.1 Å². The van der Waals surface area contributed by atoms with Gasteiger partial charge in [-0.1, -0.05) is 30.3 Å². The summed E-state index contributed by atoms with van der Waals surface area (Å²) in [5, 5.41) is 0. The molecule has 1 amide bonds. The fraction of sp³-hybridized carbons (Fsp3) is 0.263. The van der Waals surface area contributed by atoms with Gasteiger partial charge in [0.25, 0.3) is 5.91 Å². The highest BCUT2D eigenvalue weighted by Gasteiger charge is 2.22. The first-order valence-corrected chi connectivity index (χ1v) is 8.02. The molecule has 2 aromatic heterocycles. The quantitative estimate of drug-likeness (QED) is 0.616. The maximum atomic E-state index is 12.5. The van der Waals surface area contributed by atoms with Gasteiger partial charge in [0.05, 0.1) is 6.26 Å². The molecule has 0 aliphatic heterocycles. The zero-order chi connectivity index (χ0) is 16.8. The van der Waals surface area contributed by atoms with Crippen molar-refractivity contribution in [3.05, 3.63) is 66.4 Å². The fourth-order valence-corrected chi connectivity index (χ4v) is 2.59. The van der Waals surface area contributed by atoms with Gasteiger partial charge >= 0.3 is 0 Å². The molecule has 0 fully saturated rings. The molecule has 2 heterocycles. The first kappa shape index (κ1) is 16.1. The molecule has 24 heavy (non-hydrogen) atoms. The van der Waals surface area contributed by atoms with Crippen molar-refractivity contribution in [2.24, 2.45) is 0 Å². The molecule has 5 nitrogen and oxygen atoms in total. The van der Waals surface area contributed by atoms with Crippen molar-refractivity contribution in [2.75, 3.05) is 13.6 Å². The van der Waals surface area contributed by atoms with Crippen LogP contribution in [0.4, 0.5) is 0 Å². The smallest absolute Gasteiger partial charge is 0.276 e. The molecule has 0 aliphatic carbocycles. The Morgan fingerprint density at radius 3 is 2.67 bits per heavy atom. The fourth-order valence-electron chi connectivity index (χ4n) is 2.59. The van der Waals surface area contributed by atoms with Crippen molar-refractivity contribution in [3.63, 3.8) is 0 Å². The monoisotopic (exact) mass is 324 g/mol. The number of hydrogen-bond donors (Lipinski definition) is 0. The Bertz CT molecular complexity index is 763. The molecule has 0 atom stereocenters. The molecule has 0 bridgehead atoms. The Kier molecular flexibility index (Phi) is 5.11. The lowest BCUT2D eigenvalue weighted by Crippen LogP contribution is -2.28. The number of amides is 1. The Labute approximate surface area is 140 Å². The van der Waals surface area contributed by atoms with Gasteiger partial charge in [0.15, 0.2) is 17.8 Å². The number of oxazole rings is 1. The van der Waals surface area contributed by atoms with E-state index in [4.69, 9.17) is 8.83 Å². The number of hydrogen-bond acceptors (Lipinski definition) is 4. The molecule has 1 aromatic carbocycles. The lowest BCUT2D eigenvalue weighted by Gasteiger charge is -2.16. The van der Waals surface area contributed by atoms with Crippen LogP contribution in [-0.2, 0) is 6.42 Å². The molecule has 3 aromatic rings. The van der Waals surface area contributed by atoms with Gasteiger partial charge in [-0.2, -0.15) is 0 Å². The number of rotatable bonds is 7. The summed E-state index contributed by atoms with van der Waals surface area (Å²) in [5.41, 5.74) is 1.61. The third-order valence-electron chi connectivity index (χ3n) is 3.91. The van der Waals surface area contributed by atoms with E-state index in [1.807, 2.05) is 18.2 Å². The van der Waals surface area contributed by atoms with E-state index >= 15 is 0 Å². The summed E-state index contributed by atoms with van der Waals surface area (Å²) in [6, 6.07) is 13.9. The SMILES string of the molecule is CN(CCCCc1ccccc1)C(=O)c1ncoc1-c1ccco1. The number of benzene rings is 1. The summed E-state index contributed by atoms with van der Waals surface area (Å²) in [5.74, 6) is 0.726. The van der Waals surface area contributed by atoms with Gasteiger partial charge in [0.1, 0.15) is 0 Å². The summed E-state index contributed by atoms with van der Waals surface area (Å²) in [4.78, 5) is 18.3. The molecule has 0 saturated carbocycles. The minimum Gasteiger partial charge on any atom is -0.461 e. The average molecular weight is 324 g/mol. The molecule has 124 valence electrons. The highest BCUT2D eigenvalue weighted by atomic mass is 16.4. The summed E-state index contributed by atoms with van der Waals surface area (Å²) >= 11 is 0. The van der Waals surface area contributed by atoms with E-state index in [0.717, 1.165) is 19.3 Å². The van der Waals surface area contributed by atoms with Gasteiger partial charge in [0.2, 0.25) is 5.76 Å². The Morgan fingerprint density at radius 1 is 1.08 bits per heavy atom. The number of carbonyl (C=O) groups excluding carboxylic acids is 1. The van der Waals surface area contributed by atoms with E-state index in [1.54, 1.807) is 30.3 Å². The maximum absolute atomic E-state index is 12.5. The number of carbonyl (C=O) groups is 1. The predicted molar refractivity (Wildman–Crippen MR) is 90.5 cm³/mol. The third-order valence-corrected chi connectivity index (χ3v) is 3.91. The van der Waals surface area contributed by atoms with Crippen LogP contribution in [0.5, 0.6) is 0 Å². The largest absolute Gasteiger partial charge is 0.461 e. The highest BCUT2D eigenvalue weighted by Crippen LogP contribution is 2.24. The summed E-state index contributed by atoms with van der Waals surface area (Å²) < 4.78 is 10.6. The standard InChI is InChI=1S/C19H20N2O3/c1-21(12-6-5-10-15-8-3-2-4-9-15)19(22)17-18(24-14-20-17)16-11-7-13-23-16/h2-4,7-9,11,13-14H,5-6,10,12H2,1H3. The molecule has 0 N–H and O–H groups in total. The number of nitrogens with zero attached hydrogens (tertiary/aromatic N) is 2. The van der Waals surface area contributed by atoms with Crippen LogP contribution in [0.25, 0.3) is 11.5 Å². The average Bonchev–Trinajstić information content (AvgIpc) is 3.29. The van der Waals surface area contributed by atoms with Gasteiger partial charge < -0.3 is 13.7 Å². The van der Waals surface area contributed by atoms with Crippen LogP contribution < -0.4 is 0 Å². The zero-order valence-corrected chi connectivity index (χ0v) is 13.6. The van der Waals surface area contributed by atoms with Gasteiger partial charge in [-0.3, -0.25) is 4.79 Å². The summed E-state index contributed by atoms with van der Waals surface area (Å²) in [6.45, 7) is 0.677. The molecule has 0 spiro atoms. The molecule has 3 rings (SSSR count). The summed E-state index contributed by atoms with van der Waals surface area (Å²) in [6.07, 6.45) is 5.80. The number of aryl methyl sites for hydroxylation is 1. The van der Waals surface area contributed by atoms with Gasteiger partial charge in [-0.15, -0.1) is 0 Å². The van der Waals surface area contributed by atoms with Crippen LogP contribution in [-0.4, -0.2) is 29.4 Å². The zero-order valence-electron chi connectivity index (χ0n) is 13.6. The van der Waals surface area contributed by atoms with E-state index in [1.165, 1.54) is 12.0 Å². The Hall–Kier alpha value is -2.82. The molecule has 0 radical (unpaired) electrons. The van der Waals surface area contributed by atoms with Crippen LogP contribution in [0.1, 0.15) is 28.9 Å². The van der Waals surface area contributed by atoms with Crippen molar-refractivity contribution < 1.29 is 13.6 Å². The lowest BCUT2D eigenvalue weighted by molar-refractivity contribution is 0.0788. The minimum absolute atomic E-state index is 0.158. The van der Waals surface area contributed by atoms with Gasteiger partial charge in [0, 0.05) is 13.6 Å². The second-order valence-electron chi connectivity index (χ2n) is 5.68. The number of furan rings is 1. The number of aromatic nitrogens is 1. The molecule has 0 aliphatic rings. The first-order valence-electron chi connectivity index (χ1n) is 8.02. The normalized spacial score (nSPS) is 10.7. The molecular formula is C19H20N2O3. The first-order chi connectivity index (χ1) is 11.8. The lowest BCUT2D eigenvalue weighted by atomic mass is 10.1. The Balaban J connectivity index is 1.53. The summed E-state index contributed by atoms with van der Waals surface area (Å²) in [7, 11) is 1.78. The topological polar surface area (TPSA) is 59.5 Å². The third kappa shape index (κ3) is 3.74. The van der Waals surface area contributed by atoms with Crippen LogP contribution in [0.15, 0.2) is 64.0 Å². The minimum atomic E-state index is -0.158. The van der Waals surface area contributed by atoms with E-state index in [9.17, 15) is 4.79 Å². The predicted octanol–water partition coefficient (Wildman–Crippen LogP) is 4.03. The van der Waals surface area contributed by atoms with E-state index in [2.05, 4.69) is 17.1 Å². The highest BCUT2D eigenvalue weighted by molar-refractivity contribution is 5.96. The van der Waals surface area contributed by atoms with Gasteiger partial charge in [-0.05, 0) is 37.0 Å². The van der Waals surface area contributed by atoms with Crippen molar-refractivity contribution in [2.45, 2.75) is 19.3 Å². The molecule has 0 unspecified atom stereocenters. The molecule has 0 saturated heterocycles. The molecule has 5 heteroatoms. The van der Waals surface area contributed by atoms with E-state index < -0.39 is 0 Å².